The number of aromatic nitrogens is 1. The topological polar surface area (TPSA) is 110 Å². The van der Waals surface area contributed by atoms with Gasteiger partial charge in [-0.05, 0) is 55.8 Å². The average Bonchev–Trinajstić information content (AvgIpc) is 3.06. The number of hydrogen-bond donors (Lipinski definition) is 1. The maximum atomic E-state index is 12.5. The molecule has 0 bridgehead atoms. The second-order valence-corrected chi connectivity index (χ2v) is 6.91. The maximum absolute atomic E-state index is 12.5. The van der Waals surface area contributed by atoms with Gasteiger partial charge in [-0.25, -0.2) is 9.59 Å². The van der Waals surface area contributed by atoms with Gasteiger partial charge in [0.05, 0.1) is 23.8 Å². The first-order chi connectivity index (χ1) is 15.4. The molecule has 2 aromatic carbocycles. The minimum atomic E-state index is -0.720. The summed E-state index contributed by atoms with van der Waals surface area (Å²) in [6.07, 6.45) is 0. The van der Waals surface area contributed by atoms with Crippen molar-refractivity contribution >= 4 is 23.7 Å². The van der Waals surface area contributed by atoms with Gasteiger partial charge in [0.1, 0.15) is 11.9 Å². The lowest BCUT2D eigenvalue weighted by molar-refractivity contribution is -0.119. The Bertz CT molecular complexity index is 1210. The van der Waals surface area contributed by atoms with E-state index in [0.29, 0.717) is 16.9 Å². The lowest BCUT2D eigenvalue weighted by atomic mass is 10.1. The van der Waals surface area contributed by atoms with Crippen molar-refractivity contribution < 1.29 is 23.9 Å². The number of ether oxygens (including phenoxy) is 2. The van der Waals surface area contributed by atoms with E-state index in [4.69, 9.17) is 4.74 Å². The molecule has 0 saturated carbocycles. The van der Waals surface area contributed by atoms with Crippen LogP contribution < -0.4 is 5.32 Å². The minimum Gasteiger partial charge on any atom is -0.465 e. The Labute approximate surface area is 185 Å². The minimum absolute atomic E-state index is 0.183. The Hall–Kier alpha value is -4.38. The van der Waals surface area contributed by atoms with Crippen LogP contribution in [0.15, 0.2) is 54.6 Å². The number of carbonyl (C=O) groups is 3. The number of nitriles is 1. The largest absolute Gasteiger partial charge is 0.465 e. The number of nitrogens with zero attached hydrogens (tertiary/aromatic N) is 2. The zero-order chi connectivity index (χ0) is 23.3. The Kier molecular flexibility index (Phi) is 6.71. The molecule has 0 spiro atoms. The highest BCUT2D eigenvalue weighted by Crippen LogP contribution is 2.29. The molecular formula is C24H21N3O5. The fraction of sp³-hybridized carbons (Fsp3) is 0.167. The summed E-state index contributed by atoms with van der Waals surface area (Å²) in [4.78, 5) is 36.3. The van der Waals surface area contributed by atoms with Gasteiger partial charge < -0.3 is 14.8 Å². The number of carbonyl (C=O) groups excluding carboxylic acids is 3. The van der Waals surface area contributed by atoms with E-state index in [0.717, 1.165) is 16.9 Å². The molecule has 8 heteroatoms. The Morgan fingerprint density at radius 1 is 0.969 bits per heavy atom. The number of amides is 1. The van der Waals surface area contributed by atoms with Crippen LogP contribution in [0.3, 0.4) is 0 Å². The van der Waals surface area contributed by atoms with E-state index in [-0.39, 0.29) is 5.56 Å². The van der Waals surface area contributed by atoms with Gasteiger partial charge in [-0.3, -0.25) is 9.36 Å². The van der Waals surface area contributed by atoms with E-state index in [9.17, 15) is 19.6 Å². The second kappa shape index (κ2) is 9.62. The molecule has 1 heterocycles. The summed E-state index contributed by atoms with van der Waals surface area (Å²) >= 11 is 0. The predicted octanol–water partition coefficient (Wildman–Crippen LogP) is 3.55. The van der Waals surface area contributed by atoms with Crippen LogP contribution in [0.1, 0.15) is 37.5 Å². The van der Waals surface area contributed by atoms with Crippen molar-refractivity contribution in [2.45, 2.75) is 13.8 Å². The number of esters is 2. The molecule has 0 aliphatic rings. The first kappa shape index (κ1) is 22.3. The molecule has 0 unspecified atom stereocenters. The first-order valence-electron chi connectivity index (χ1n) is 9.70. The summed E-state index contributed by atoms with van der Waals surface area (Å²) in [7, 11) is 1.26. The van der Waals surface area contributed by atoms with Gasteiger partial charge in [-0.1, -0.05) is 18.2 Å². The molecule has 0 aliphatic heterocycles. The van der Waals surface area contributed by atoms with Gasteiger partial charge in [0, 0.05) is 11.4 Å². The van der Waals surface area contributed by atoms with Crippen molar-refractivity contribution in [2.75, 3.05) is 19.0 Å². The van der Waals surface area contributed by atoms with Gasteiger partial charge in [0.15, 0.2) is 6.61 Å². The highest BCUT2D eigenvalue weighted by Gasteiger charge is 2.21. The van der Waals surface area contributed by atoms with Crippen molar-refractivity contribution in [1.29, 1.82) is 5.26 Å². The van der Waals surface area contributed by atoms with Crippen LogP contribution in [-0.2, 0) is 14.3 Å². The molecule has 0 atom stereocenters. The molecule has 3 aromatic rings. The fourth-order valence-corrected chi connectivity index (χ4v) is 3.20. The monoisotopic (exact) mass is 431 g/mol. The number of benzene rings is 2. The molecule has 0 aliphatic carbocycles. The summed E-state index contributed by atoms with van der Waals surface area (Å²) in [6.45, 7) is 3.12. The van der Waals surface area contributed by atoms with Crippen molar-refractivity contribution in [2.24, 2.45) is 0 Å². The Balaban J connectivity index is 1.74. The van der Waals surface area contributed by atoms with Crippen LogP contribution >= 0.6 is 0 Å². The zero-order valence-electron chi connectivity index (χ0n) is 17.8. The number of hydrogen-bond acceptors (Lipinski definition) is 6. The molecule has 162 valence electrons. The maximum Gasteiger partial charge on any atom is 0.338 e. The van der Waals surface area contributed by atoms with Crippen molar-refractivity contribution in [3.63, 3.8) is 0 Å². The third-order valence-electron chi connectivity index (χ3n) is 4.97. The summed E-state index contributed by atoms with van der Waals surface area (Å²) in [5.74, 6) is -1.51. The van der Waals surface area contributed by atoms with E-state index in [2.05, 4.69) is 16.1 Å². The number of rotatable bonds is 6. The van der Waals surface area contributed by atoms with Crippen LogP contribution in [0.2, 0.25) is 0 Å². The van der Waals surface area contributed by atoms with Crippen LogP contribution in [0.4, 0.5) is 5.82 Å². The highest BCUT2D eigenvalue weighted by molar-refractivity contribution is 5.97. The molecule has 8 nitrogen and oxygen atoms in total. The summed E-state index contributed by atoms with van der Waals surface area (Å²) in [6, 6.07) is 17.1. The summed E-state index contributed by atoms with van der Waals surface area (Å²) in [5.41, 5.74) is 3.15. The van der Waals surface area contributed by atoms with Crippen molar-refractivity contribution in [1.82, 2.24) is 4.57 Å². The molecule has 0 fully saturated rings. The number of nitrogens with one attached hydrogen (secondary N) is 1. The predicted molar refractivity (Wildman–Crippen MR) is 117 cm³/mol. The van der Waals surface area contributed by atoms with Crippen LogP contribution in [-0.4, -0.2) is 36.1 Å². The van der Waals surface area contributed by atoms with Gasteiger partial charge in [-0.2, -0.15) is 5.26 Å². The third-order valence-corrected chi connectivity index (χ3v) is 4.97. The van der Waals surface area contributed by atoms with E-state index in [1.165, 1.54) is 31.4 Å². The van der Waals surface area contributed by atoms with Gasteiger partial charge in [0.25, 0.3) is 5.91 Å². The molecule has 3 rings (SSSR count). The lowest BCUT2D eigenvalue weighted by Crippen LogP contribution is -2.23. The summed E-state index contributed by atoms with van der Waals surface area (Å²) < 4.78 is 11.5. The quantitative estimate of drug-likeness (QED) is 0.598. The van der Waals surface area contributed by atoms with E-state index < -0.39 is 24.5 Å². The SMILES string of the molecule is COC(=O)c1ccc(C(=O)OCC(=O)Nc2c(C#N)c(C)c(C)n2-c2ccccc2)cc1. The lowest BCUT2D eigenvalue weighted by Gasteiger charge is -2.13. The van der Waals surface area contributed by atoms with Gasteiger partial charge >= 0.3 is 11.9 Å². The third kappa shape index (κ3) is 4.52. The van der Waals surface area contributed by atoms with E-state index in [1.54, 1.807) is 11.5 Å². The molecule has 1 aromatic heterocycles. The van der Waals surface area contributed by atoms with Crippen LogP contribution in [0.5, 0.6) is 0 Å². The molecule has 0 saturated heterocycles. The number of methoxy groups -OCH3 is 1. The smallest absolute Gasteiger partial charge is 0.338 e. The molecule has 32 heavy (non-hydrogen) atoms. The fourth-order valence-electron chi connectivity index (χ4n) is 3.20. The molecular weight excluding hydrogens is 410 g/mol. The van der Waals surface area contributed by atoms with E-state index in [1.807, 2.05) is 37.3 Å². The second-order valence-electron chi connectivity index (χ2n) is 6.91. The van der Waals surface area contributed by atoms with Gasteiger partial charge in [0.2, 0.25) is 0 Å². The van der Waals surface area contributed by atoms with Crippen LogP contribution in [0, 0.1) is 25.2 Å². The standard InChI is InChI=1S/C24H21N3O5/c1-15-16(2)27(19-7-5-4-6-8-19)22(20(15)13-25)26-21(28)14-32-24(30)18-11-9-17(10-12-18)23(29)31-3/h4-12H,14H2,1-3H3,(H,26,28). The normalized spacial score (nSPS) is 10.2. The Morgan fingerprint density at radius 3 is 2.12 bits per heavy atom. The molecule has 0 radical (unpaired) electrons. The van der Waals surface area contributed by atoms with E-state index >= 15 is 0 Å². The van der Waals surface area contributed by atoms with Crippen LogP contribution in [0.25, 0.3) is 5.69 Å². The number of anilines is 1. The molecule has 1 amide bonds. The first-order valence-corrected chi connectivity index (χ1v) is 9.70. The Morgan fingerprint density at radius 2 is 1.56 bits per heavy atom. The summed E-state index contributed by atoms with van der Waals surface area (Å²) in [5, 5.41) is 12.3. The van der Waals surface area contributed by atoms with Crippen molar-refractivity contribution in [3.05, 3.63) is 82.5 Å². The molecule has 1 N–H and O–H groups in total. The highest BCUT2D eigenvalue weighted by atomic mass is 16.5. The zero-order valence-corrected chi connectivity index (χ0v) is 17.8. The van der Waals surface area contributed by atoms with Crippen molar-refractivity contribution in [3.8, 4) is 11.8 Å². The average molecular weight is 431 g/mol. The van der Waals surface area contributed by atoms with Gasteiger partial charge in [-0.15, -0.1) is 0 Å². The number of para-hydroxylation sites is 1.